The molecule has 26 heavy (non-hydrogen) atoms. The monoisotopic (exact) mass is 353 g/mol. The quantitative estimate of drug-likeness (QED) is 0.482. The Morgan fingerprint density at radius 3 is 2.73 bits per heavy atom. The Balaban J connectivity index is 1.83. The van der Waals surface area contributed by atoms with Crippen LogP contribution in [0, 0.1) is 0 Å². The first kappa shape index (κ1) is 17.0. The van der Waals surface area contributed by atoms with E-state index in [2.05, 4.69) is 25.5 Å². The fraction of sp³-hybridized carbons (Fsp3) is 0.125. The van der Waals surface area contributed by atoms with Crippen molar-refractivity contribution < 1.29 is 14.4 Å². The van der Waals surface area contributed by atoms with E-state index in [0.717, 1.165) is 0 Å². The Labute approximate surface area is 147 Å². The largest absolute Gasteiger partial charge is 0.363 e. The Morgan fingerprint density at radius 1 is 1.23 bits per heavy atom. The third-order valence-electron chi connectivity index (χ3n) is 3.61. The normalized spacial score (nSPS) is 11.7. The van der Waals surface area contributed by atoms with Crippen molar-refractivity contribution in [1.82, 2.24) is 30.0 Å². The lowest BCUT2D eigenvalue weighted by molar-refractivity contribution is -0.137. The molecule has 10 heteroatoms. The fourth-order valence-corrected chi connectivity index (χ4v) is 2.37. The lowest BCUT2D eigenvalue weighted by atomic mass is 10.1. The highest BCUT2D eigenvalue weighted by atomic mass is 16.2. The summed E-state index contributed by atoms with van der Waals surface area (Å²) in [6, 6.07) is 5.71. The molecule has 0 saturated heterocycles. The van der Waals surface area contributed by atoms with Crippen molar-refractivity contribution >= 4 is 17.6 Å². The van der Waals surface area contributed by atoms with Crippen molar-refractivity contribution in [3.63, 3.8) is 0 Å². The smallest absolute Gasteiger partial charge is 0.287 e. The molecule has 0 spiro atoms. The number of ketones is 1. The number of nitrogens with one attached hydrogen (secondary N) is 2. The van der Waals surface area contributed by atoms with Gasteiger partial charge >= 0.3 is 0 Å². The number of carbonyl (C=O) groups excluding carboxylic acids is 3. The van der Waals surface area contributed by atoms with Crippen LogP contribution in [0.15, 0.2) is 49.2 Å². The third-order valence-corrected chi connectivity index (χ3v) is 3.61. The van der Waals surface area contributed by atoms with Gasteiger partial charge in [-0.3, -0.25) is 24.0 Å². The van der Waals surface area contributed by atoms with Crippen LogP contribution in [0.5, 0.6) is 0 Å². The molecule has 3 heterocycles. The molecule has 0 aliphatic carbocycles. The number of primary amides is 1. The zero-order valence-corrected chi connectivity index (χ0v) is 13.5. The number of Topliss-reactive ketones (excluding diaryl/α,β-unsaturated/α-hetero) is 1. The van der Waals surface area contributed by atoms with Gasteiger partial charge in [0.15, 0.2) is 0 Å². The highest BCUT2D eigenvalue weighted by Gasteiger charge is 2.27. The zero-order chi connectivity index (χ0) is 18.5. The summed E-state index contributed by atoms with van der Waals surface area (Å²) in [5, 5.41) is 8.97. The lowest BCUT2D eigenvalue weighted by Gasteiger charge is -2.16. The van der Waals surface area contributed by atoms with E-state index in [1.807, 2.05) is 0 Å². The summed E-state index contributed by atoms with van der Waals surface area (Å²) in [4.78, 5) is 44.1. The van der Waals surface area contributed by atoms with Crippen LogP contribution in [0.1, 0.15) is 16.2 Å². The Bertz CT molecular complexity index is 918. The van der Waals surface area contributed by atoms with Crippen LogP contribution in [-0.4, -0.2) is 48.4 Å². The number of imidazole rings is 1. The predicted molar refractivity (Wildman–Crippen MR) is 89.1 cm³/mol. The summed E-state index contributed by atoms with van der Waals surface area (Å²) in [6.45, 7) is 0. The van der Waals surface area contributed by atoms with Crippen LogP contribution in [0.25, 0.3) is 5.82 Å². The Morgan fingerprint density at radius 2 is 2.08 bits per heavy atom. The van der Waals surface area contributed by atoms with Gasteiger partial charge in [-0.15, -0.1) is 0 Å². The minimum Gasteiger partial charge on any atom is -0.363 e. The highest BCUT2D eigenvalue weighted by Crippen LogP contribution is 2.09. The van der Waals surface area contributed by atoms with E-state index >= 15 is 0 Å². The van der Waals surface area contributed by atoms with Crippen LogP contribution >= 0.6 is 0 Å². The summed E-state index contributed by atoms with van der Waals surface area (Å²) in [7, 11) is 0. The number of hydrogen-bond donors (Lipinski definition) is 3. The average Bonchev–Trinajstić information content (AvgIpc) is 3.32. The minimum absolute atomic E-state index is 0.0469. The lowest BCUT2D eigenvalue weighted by Crippen LogP contribution is -2.47. The number of nitrogens with zero attached hydrogens (tertiary/aromatic N) is 4. The average molecular weight is 353 g/mol. The van der Waals surface area contributed by atoms with Gasteiger partial charge in [0.1, 0.15) is 23.9 Å². The van der Waals surface area contributed by atoms with Gasteiger partial charge < -0.3 is 11.1 Å². The van der Waals surface area contributed by atoms with Crippen LogP contribution in [0.4, 0.5) is 0 Å². The number of aromatic amines is 1. The maximum Gasteiger partial charge on any atom is 0.287 e. The van der Waals surface area contributed by atoms with Crippen LogP contribution in [0.2, 0.25) is 0 Å². The van der Waals surface area contributed by atoms with E-state index in [9.17, 15) is 14.4 Å². The van der Waals surface area contributed by atoms with Gasteiger partial charge in [0.25, 0.3) is 11.8 Å². The molecule has 3 aromatic heterocycles. The SMILES string of the molecule is NC(=O)C(=O)C(Cc1ccn[nH]1)NC(=O)c1cncn1-c1ccccn1. The maximum atomic E-state index is 12.6. The standard InChI is InChI=1S/C16H15N7O3/c17-15(25)14(24)11(7-10-4-6-20-22-10)21-16(26)12-8-18-9-23(12)13-3-1-2-5-19-13/h1-6,8-9,11H,7H2,(H2,17,25)(H,20,22)(H,21,26). The Kier molecular flexibility index (Phi) is 4.83. The predicted octanol–water partition coefficient (Wildman–Crippen LogP) is -0.614. The first-order valence-electron chi connectivity index (χ1n) is 7.62. The molecule has 10 nitrogen and oxygen atoms in total. The van der Waals surface area contributed by atoms with E-state index < -0.39 is 23.6 Å². The Hall–Kier alpha value is -3.82. The topological polar surface area (TPSA) is 149 Å². The van der Waals surface area contributed by atoms with Crippen molar-refractivity contribution in [1.29, 1.82) is 0 Å². The molecule has 0 saturated carbocycles. The maximum absolute atomic E-state index is 12.6. The number of rotatable bonds is 7. The van der Waals surface area contributed by atoms with Crippen molar-refractivity contribution in [2.24, 2.45) is 5.73 Å². The molecule has 4 N–H and O–H groups in total. The van der Waals surface area contributed by atoms with Crippen molar-refractivity contribution in [3.05, 3.63) is 60.6 Å². The molecule has 132 valence electrons. The molecule has 1 atom stereocenters. The van der Waals surface area contributed by atoms with Crippen molar-refractivity contribution in [3.8, 4) is 5.82 Å². The van der Waals surface area contributed by atoms with Crippen LogP contribution < -0.4 is 11.1 Å². The van der Waals surface area contributed by atoms with Gasteiger partial charge in [-0.25, -0.2) is 9.97 Å². The number of carbonyl (C=O) groups is 3. The molecule has 0 aliphatic heterocycles. The number of aromatic nitrogens is 5. The van der Waals surface area contributed by atoms with Gasteiger partial charge in [0.05, 0.1) is 6.20 Å². The molecule has 3 aromatic rings. The molecular formula is C16H15N7O3. The number of amides is 2. The summed E-state index contributed by atoms with van der Waals surface area (Å²) < 4.78 is 1.47. The molecular weight excluding hydrogens is 338 g/mol. The molecule has 1 unspecified atom stereocenters. The number of pyridine rings is 1. The molecule has 3 rings (SSSR count). The first-order chi connectivity index (χ1) is 12.6. The van der Waals surface area contributed by atoms with E-state index in [1.165, 1.54) is 23.3 Å². The van der Waals surface area contributed by atoms with Gasteiger partial charge in [-0.1, -0.05) is 6.07 Å². The summed E-state index contributed by atoms with van der Waals surface area (Å²) in [6.07, 6.45) is 5.89. The molecule has 0 bridgehead atoms. The number of H-pyrrole nitrogens is 1. The van der Waals surface area contributed by atoms with Gasteiger partial charge in [0.2, 0.25) is 5.78 Å². The summed E-state index contributed by atoms with van der Waals surface area (Å²) in [5.74, 6) is -2.14. The van der Waals surface area contributed by atoms with E-state index in [-0.39, 0.29) is 12.1 Å². The number of nitrogens with two attached hydrogens (primary N) is 1. The zero-order valence-electron chi connectivity index (χ0n) is 13.5. The van der Waals surface area contributed by atoms with Crippen molar-refractivity contribution in [2.45, 2.75) is 12.5 Å². The van der Waals surface area contributed by atoms with Gasteiger partial charge in [0, 0.05) is 24.5 Å². The second kappa shape index (κ2) is 7.38. The van der Waals surface area contributed by atoms with Crippen LogP contribution in [-0.2, 0) is 16.0 Å². The van der Waals surface area contributed by atoms with Crippen molar-refractivity contribution in [2.75, 3.05) is 0 Å². The number of hydrogen-bond acceptors (Lipinski definition) is 6. The van der Waals surface area contributed by atoms with Gasteiger partial charge in [-0.05, 0) is 18.2 Å². The van der Waals surface area contributed by atoms with E-state index in [1.54, 1.807) is 30.5 Å². The second-order valence-electron chi connectivity index (χ2n) is 5.38. The second-order valence-corrected chi connectivity index (χ2v) is 5.38. The molecule has 0 fully saturated rings. The minimum atomic E-state index is -1.13. The third kappa shape index (κ3) is 3.64. The molecule has 2 amide bonds. The van der Waals surface area contributed by atoms with Gasteiger partial charge in [-0.2, -0.15) is 5.10 Å². The fourth-order valence-electron chi connectivity index (χ4n) is 2.37. The van der Waals surface area contributed by atoms with E-state index in [4.69, 9.17) is 5.73 Å². The van der Waals surface area contributed by atoms with E-state index in [0.29, 0.717) is 11.5 Å². The molecule has 0 aliphatic rings. The molecule has 0 aromatic carbocycles. The summed E-state index contributed by atoms with van der Waals surface area (Å²) in [5.41, 5.74) is 5.82. The summed E-state index contributed by atoms with van der Waals surface area (Å²) >= 11 is 0. The van der Waals surface area contributed by atoms with Crippen LogP contribution in [0.3, 0.4) is 0 Å². The molecule has 0 radical (unpaired) electrons. The first-order valence-corrected chi connectivity index (χ1v) is 7.62. The highest BCUT2D eigenvalue weighted by molar-refractivity contribution is 6.38.